The third kappa shape index (κ3) is 4.86. The van der Waals surface area contributed by atoms with Crippen molar-refractivity contribution in [3.8, 4) is 5.75 Å². The molecule has 0 spiro atoms. The number of anilines is 1. The first-order valence-corrected chi connectivity index (χ1v) is 9.45. The van der Waals surface area contributed by atoms with E-state index in [1.54, 1.807) is 0 Å². The van der Waals surface area contributed by atoms with Crippen molar-refractivity contribution in [2.75, 3.05) is 31.6 Å². The quantitative estimate of drug-likeness (QED) is 0.625. The highest BCUT2D eigenvalue weighted by atomic mass is 16.5. The number of ether oxygens (including phenoxy) is 1. The van der Waals surface area contributed by atoms with Crippen LogP contribution >= 0.6 is 0 Å². The van der Waals surface area contributed by atoms with E-state index in [0.717, 1.165) is 30.4 Å². The van der Waals surface area contributed by atoms with E-state index in [1.165, 1.54) is 0 Å². The minimum atomic E-state index is -0.138. The zero-order valence-electron chi connectivity index (χ0n) is 15.9. The Morgan fingerprint density at radius 2 is 1.63 bits per heavy atom. The molecule has 0 atom stereocenters. The Morgan fingerprint density at radius 3 is 2.41 bits per heavy atom. The number of rotatable bonds is 8. The molecule has 0 aliphatic carbocycles. The van der Waals surface area contributed by atoms with Crippen LogP contribution < -0.4 is 10.1 Å². The fourth-order valence-electron chi connectivity index (χ4n) is 3.05. The maximum atomic E-state index is 12.7. The van der Waals surface area contributed by atoms with Gasteiger partial charge in [-0.05, 0) is 48.1 Å². The molecular weight excluding hydrogens is 336 g/mol. The summed E-state index contributed by atoms with van der Waals surface area (Å²) in [6, 6.07) is 21.3. The molecule has 140 valence electrons. The lowest BCUT2D eigenvalue weighted by molar-refractivity contribution is 0.102. The van der Waals surface area contributed by atoms with E-state index < -0.39 is 0 Å². The van der Waals surface area contributed by atoms with Gasteiger partial charge in [0.15, 0.2) is 0 Å². The number of amides is 1. The lowest BCUT2D eigenvalue weighted by atomic mass is 10.1. The van der Waals surface area contributed by atoms with E-state index in [9.17, 15) is 4.79 Å². The van der Waals surface area contributed by atoms with Gasteiger partial charge in [0.05, 0.1) is 5.69 Å². The summed E-state index contributed by atoms with van der Waals surface area (Å²) in [5, 5.41) is 5.15. The van der Waals surface area contributed by atoms with Crippen LogP contribution in [0.25, 0.3) is 10.8 Å². The fourth-order valence-corrected chi connectivity index (χ4v) is 3.05. The lowest BCUT2D eigenvalue weighted by Crippen LogP contribution is -2.28. The topological polar surface area (TPSA) is 41.6 Å². The van der Waals surface area contributed by atoms with Crippen LogP contribution in [0.4, 0.5) is 5.69 Å². The molecule has 0 bridgehead atoms. The number of nitrogens with zero attached hydrogens (tertiary/aromatic N) is 1. The zero-order chi connectivity index (χ0) is 19.1. The van der Waals surface area contributed by atoms with Crippen molar-refractivity contribution in [1.82, 2.24) is 4.90 Å². The molecule has 0 fully saturated rings. The number of fused-ring (bicyclic) bond motifs is 1. The number of nitrogens with one attached hydrogen (secondary N) is 1. The highest BCUT2D eigenvalue weighted by molar-refractivity contribution is 6.07. The van der Waals surface area contributed by atoms with Gasteiger partial charge in [0, 0.05) is 12.1 Å². The van der Waals surface area contributed by atoms with Gasteiger partial charge < -0.3 is 15.0 Å². The summed E-state index contributed by atoms with van der Waals surface area (Å²) in [4.78, 5) is 15.0. The van der Waals surface area contributed by atoms with Crippen LogP contribution in [-0.4, -0.2) is 37.0 Å². The number of likely N-dealkylation sites (N-methyl/N-ethyl adjacent to an activating group) is 1. The zero-order valence-corrected chi connectivity index (χ0v) is 15.9. The van der Waals surface area contributed by atoms with Gasteiger partial charge in [-0.2, -0.15) is 0 Å². The van der Waals surface area contributed by atoms with Gasteiger partial charge in [0.1, 0.15) is 12.4 Å². The van der Waals surface area contributed by atoms with Gasteiger partial charge in [0.2, 0.25) is 0 Å². The molecule has 27 heavy (non-hydrogen) atoms. The summed E-state index contributed by atoms with van der Waals surface area (Å²) in [6.45, 7) is 7.73. The maximum Gasteiger partial charge on any atom is 0.255 e. The van der Waals surface area contributed by atoms with Gasteiger partial charge >= 0.3 is 0 Å². The van der Waals surface area contributed by atoms with Crippen LogP contribution in [0.15, 0.2) is 66.7 Å². The van der Waals surface area contributed by atoms with Crippen molar-refractivity contribution >= 4 is 22.4 Å². The molecule has 3 aromatic rings. The Hall–Kier alpha value is -2.85. The van der Waals surface area contributed by atoms with Crippen LogP contribution in [0.3, 0.4) is 0 Å². The van der Waals surface area contributed by atoms with Crippen molar-refractivity contribution < 1.29 is 9.53 Å². The molecule has 0 aliphatic heterocycles. The number of benzene rings is 3. The molecule has 3 rings (SSSR count). The van der Waals surface area contributed by atoms with Crippen molar-refractivity contribution in [1.29, 1.82) is 0 Å². The molecule has 1 amide bonds. The molecule has 0 saturated carbocycles. The number of carbonyl (C=O) groups excluding carboxylic acids is 1. The smallest absolute Gasteiger partial charge is 0.255 e. The molecule has 0 unspecified atom stereocenters. The van der Waals surface area contributed by atoms with Gasteiger partial charge in [-0.25, -0.2) is 0 Å². The van der Waals surface area contributed by atoms with E-state index >= 15 is 0 Å². The molecule has 0 heterocycles. The molecule has 0 radical (unpaired) electrons. The summed E-state index contributed by atoms with van der Waals surface area (Å²) in [6.07, 6.45) is 0. The number of hydrogen-bond donors (Lipinski definition) is 1. The minimum absolute atomic E-state index is 0.138. The molecule has 0 saturated heterocycles. The SMILES string of the molecule is CCN(CC)CCOc1ccccc1NC(=O)c1ccc2ccccc2c1. The Balaban J connectivity index is 1.70. The number of carbonyl (C=O) groups is 1. The van der Waals surface area contributed by atoms with Crippen molar-refractivity contribution in [2.24, 2.45) is 0 Å². The number of para-hydroxylation sites is 2. The second kappa shape index (κ2) is 9.19. The highest BCUT2D eigenvalue weighted by Gasteiger charge is 2.11. The van der Waals surface area contributed by atoms with Gasteiger partial charge in [-0.15, -0.1) is 0 Å². The maximum absolute atomic E-state index is 12.7. The Bertz CT molecular complexity index is 904. The van der Waals surface area contributed by atoms with Gasteiger partial charge in [-0.1, -0.05) is 56.3 Å². The Labute approximate surface area is 160 Å². The van der Waals surface area contributed by atoms with Crippen LogP contribution in [0, 0.1) is 0 Å². The Kier molecular flexibility index (Phi) is 6.44. The first-order valence-electron chi connectivity index (χ1n) is 9.45. The van der Waals surface area contributed by atoms with E-state index in [-0.39, 0.29) is 5.91 Å². The monoisotopic (exact) mass is 362 g/mol. The summed E-state index contributed by atoms with van der Waals surface area (Å²) >= 11 is 0. The van der Waals surface area contributed by atoms with Crippen LogP contribution in [-0.2, 0) is 0 Å². The summed E-state index contributed by atoms with van der Waals surface area (Å²) in [5.41, 5.74) is 1.32. The van der Waals surface area contributed by atoms with E-state index in [0.29, 0.717) is 23.6 Å². The first-order chi connectivity index (χ1) is 13.2. The molecule has 3 aromatic carbocycles. The van der Waals surface area contributed by atoms with Gasteiger partial charge in [-0.3, -0.25) is 4.79 Å². The van der Waals surface area contributed by atoms with E-state index in [2.05, 4.69) is 24.1 Å². The van der Waals surface area contributed by atoms with Crippen LogP contribution in [0.5, 0.6) is 5.75 Å². The predicted molar refractivity (Wildman–Crippen MR) is 112 cm³/mol. The molecule has 1 N–H and O–H groups in total. The van der Waals surface area contributed by atoms with Crippen molar-refractivity contribution in [2.45, 2.75) is 13.8 Å². The second-order valence-electron chi connectivity index (χ2n) is 6.39. The minimum Gasteiger partial charge on any atom is -0.490 e. The second-order valence-corrected chi connectivity index (χ2v) is 6.39. The number of hydrogen-bond acceptors (Lipinski definition) is 3. The fraction of sp³-hybridized carbons (Fsp3) is 0.261. The summed E-state index contributed by atoms with van der Waals surface area (Å²) in [5.74, 6) is 0.555. The average molecular weight is 362 g/mol. The third-order valence-electron chi connectivity index (χ3n) is 4.71. The average Bonchev–Trinajstić information content (AvgIpc) is 2.72. The molecule has 4 nitrogen and oxygen atoms in total. The van der Waals surface area contributed by atoms with E-state index in [1.807, 2.05) is 66.7 Å². The molecular formula is C23H26N2O2. The normalized spacial score (nSPS) is 10.9. The van der Waals surface area contributed by atoms with Crippen molar-refractivity contribution in [3.63, 3.8) is 0 Å². The highest BCUT2D eigenvalue weighted by Crippen LogP contribution is 2.25. The summed E-state index contributed by atoms with van der Waals surface area (Å²) < 4.78 is 5.92. The first kappa shape index (κ1) is 18.9. The largest absolute Gasteiger partial charge is 0.490 e. The molecule has 4 heteroatoms. The lowest BCUT2D eigenvalue weighted by Gasteiger charge is -2.19. The molecule has 0 aromatic heterocycles. The molecule has 0 aliphatic rings. The van der Waals surface area contributed by atoms with E-state index in [4.69, 9.17) is 4.74 Å². The van der Waals surface area contributed by atoms with Crippen LogP contribution in [0.1, 0.15) is 24.2 Å². The summed E-state index contributed by atoms with van der Waals surface area (Å²) in [7, 11) is 0. The standard InChI is InChI=1S/C23H26N2O2/c1-3-25(4-2)15-16-27-22-12-8-7-11-21(22)24-23(26)20-14-13-18-9-5-6-10-19(18)17-20/h5-14,17H,3-4,15-16H2,1-2H3,(H,24,26). The third-order valence-corrected chi connectivity index (χ3v) is 4.71. The Morgan fingerprint density at radius 1 is 0.926 bits per heavy atom. The van der Waals surface area contributed by atoms with Crippen molar-refractivity contribution in [3.05, 3.63) is 72.3 Å². The predicted octanol–water partition coefficient (Wildman–Crippen LogP) is 4.81. The van der Waals surface area contributed by atoms with Gasteiger partial charge in [0.25, 0.3) is 5.91 Å². The van der Waals surface area contributed by atoms with Crippen LogP contribution in [0.2, 0.25) is 0 Å².